The summed E-state index contributed by atoms with van der Waals surface area (Å²) in [4.78, 5) is 0. The zero-order chi connectivity index (χ0) is 9.52. The van der Waals surface area contributed by atoms with Crippen LogP contribution in [0.25, 0.3) is 0 Å². The average Bonchev–Trinajstić information content (AvgIpc) is 2.94. The highest BCUT2D eigenvalue weighted by atomic mass is 14.9. The Morgan fingerprint density at radius 3 is 2.69 bits per heavy atom. The van der Waals surface area contributed by atoms with Gasteiger partial charge in [0.1, 0.15) is 0 Å². The zero-order valence-electron chi connectivity index (χ0n) is 8.89. The molecule has 2 heteroatoms. The molecule has 1 aliphatic rings. The fourth-order valence-corrected chi connectivity index (χ4v) is 1.77. The predicted octanol–water partition coefficient (Wildman–Crippen LogP) is 1.89. The van der Waals surface area contributed by atoms with Gasteiger partial charge in [0.15, 0.2) is 0 Å². The summed E-state index contributed by atoms with van der Waals surface area (Å²) in [7, 11) is 0. The maximum absolute atomic E-state index is 5.69. The fourth-order valence-electron chi connectivity index (χ4n) is 1.77. The van der Waals surface area contributed by atoms with Gasteiger partial charge in [-0.05, 0) is 51.1 Å². The topological polar surface area (TPSA) is 38.0 Å². The summed E-state index contributed by atoms with van der Waals surface area (Å²) in [5.74, 6) is 0.769. The largest absolute Gasteiger partial charge is 0.330 e. The van der Waals surface area contributed by atoms with Crippen LogP contribution in [-0.2, 0) is 0 Å². The zero-order valence-corrected chi connectivity index (χ0v) is 8.89. The van der Waals surface area contributed by atoms with Gasteiger partial charge in [-0.15, -0.1) is 0 Å². The minimum absolute atomic E-state index is 0.769. The summed E-state index contributed by atoms with van der Waals surface area (Å²) >= 11 is 0. The van der Waals surface area contributed by atoms with Crippen molar-refractivity contribution in [2.75, 3.05) is 13.1 Å². The van der Waals surface area contributed by atoms with Crippen LogP contribution in [0.5, 0.6) is 0 Å². The molecule has 0 aromatic rings. The Labute approximate surface area is 82.3 Å². The number of hydrogen-bond donors (Lipinski definition) is 2. The molecule has 1 fully saturated rings. The minimum Gasteiger partial charge on any atom is -0.330 e. The molecular weight excluding hydrogens is 160 g/mol. The Morgan fingerprint density at radius 1 is 1.38 bits per heavy atom. The highest BCUT2D eigenvalue weighted by molar-refractivity contribution is 4.80. The quantitative estimate of drug-likeness (QED) is 0.565. The van der Waals surface area contributed by atoms with Gasteiger partial charge in [-0.2, -0.15) is 0 Å². The molecule has 13 heavy (non-hydrogen) atoms. The Bertz CT molecular complexity index is 121. The molecule has 0 aromatic carbocycles. The second-order valence-corrected chi connectivity index (χ2v) is 4.26. The summed E-state index contributed by atoms with van der Waals surface area (Å²) < 4.78 is 0. The number of nitrogens with two attached hydrogens (primary N) is 1. The van der Waals surface area contributed by atoms with Crippen LogP contribution in [0.3, 0.4) is 0 Å². The van der Waals surface area contributed by atoms with Crippen molar-refractivity contribution in [3.05, 3.63) is 0 Å². The van der Waals surface area contributed by atoms with E-state index in [9.17, 15) is 0 Å². The maximum Gasteiger partial charge on any atom is 0.00682 e. The van der Waals surface area contributed by atoms with Gasteiger partial charge in [0.05, 0.1) is 0 Å². The molecule has 1 rings (SSSR count). The lowest BCUT2D eigenvalue weighted by atomic mass is 9.98. The van der Waals surface area contributed by atoms with Crippen molar-refractivity contribution in [2.24, 2.45) is 11.7 Å². The van der Waals surface area contributed by atoms with E-state index in [1.807, 2.05) is 0 Å². The summed E-state index contributed by atoms with van der Waals surface area (Å²) in [5, 5.41) is 3.54. The SMILES string of the molecule is CCCC(CN)CCCNC1CC1. The highest BCUT2D eigenvalue weighted by Gasteiger charge is 2.19. The molecule has 0 radical (unpaired) electrons. The normalized spacial score (nSPS) is 18.9. The number of rotatable bonds is 8. The lowest BCUT2D eigenvalue weighted by molar-refractivity contribution is 0.433. The van der Waals surface area contributed by atoms with E-state index in [1.54, 1.807) is 0 Å². The molecule has 0 amide bonds. The van der Waals surface area contributed by atoms with E-state index in [0.29, 0.717) is 0 Å². The highest BCUT2D eigenvalue weighted by Crippen LogP contribution is 2.19. The molecule has 0 bridgehead atoms. The van der Waals surface area contributed by atoms with Crippen LogP contribution >= 0.6 is 0 Å². The Balaban J connectivity index is 1.88. The van der Waals surface area contributed by atoms with Crippen molar-refractivity contribution in [1.82, 2.24) is 5.32 Å². The molecule has 1 aliphatic carbocycles. The smallest absolute Gasteiger partial charge is 0.00682 e. The number of hydrogen-bond acceptors (Lipinski definition) is 2. The fraction of sp³-hybridized carbons (Fsp3) is 1.00. The summed E-state index contributed by atoms with van der Waals surface area (Å²) in [5.41, 5.74) is 5.69. The van der Waals surface area contributed by atoms with Crippen LogP contribution in [0.4, 0.5) is 0 Å². The van der Waals surface area contributed by atoms with Crippen molar-refractivity contribution < 1.29 is 0 Å². The molecule has 1 unspecified atom stereocenters. The van der Waals surface area contributed by atoms with E-state index in [0.717, 1.165) is 18.5 Å². The van der Waals surface area contributed by atoms with E-state index < -0.39 is 0 Å². The van der Waals surface area contributed by atoms with Gasteiger partial charge in [-0.1, -0.05) is 13.3 Å². The summed E-state index contributed by atoms with van der Waals surface area (Å²) in [6.07, 6.45) is 7.99. The van der Waals surface area contributed by atoms with Gasteiger partial charge >= 0.3 is 0 Å². The predicted molar refractivity (Wildman–Crippen MR) is 57.7 cm³/mol. The van der Waals surface area contributed by atoms with Crippen molar-refractivity contribution in [3.8, 4) is 0 Å². The first-order chi connectivity index (χ1) is 6.36. The van der Waals surface area contributed by atoms with Gasteiger partial charge in [-0.25, -0.2) is 0 Å². The maximum atomic E-state index is 5.69. The molecule has 0 aromatic heterocycles. The molecular formula is C11H24N2. The molecule has 0 saturated heterocycles. The lowest BCUT2D eigenvalue weighted by Crippen LogP contribution is -2.20. The average molecular weight is 184 g/mol. The van der Waals surface area contributed by atoms with E-state index >= 15 is 0 Å². The van der Waals surface area contributed by atoms with Crippen LogP contribution in [0.2, 0.25) is 0 Å². The van der Waals surface area contributed by atoms with Gasteiger partial charge in [-0.3, -0.25) is 0 Å². The molecule has 0 heterocycles. The van der Waals surface area contributed by atoms with E-state index in [4.69, 9.17) is 5.73 Å². The molecule has 2 nitrogen and oxygen atoms in total. The van der Waals surface area contributed by atoms with Gasteiger partial charge in [0.25, 0.3) is 0 Å². The molecule has 0 aliphatic heterocycles. The van der Waals surface area contributed by atoms with Crippen molar-refractivity contribution >= 4 is 0 Å². The third kappa shape index (κ3) is 5.27. The Kier molecular flexibility index (Phi) is 5.40. The van der Waals surface area contributed by atoms with Crippen LogP contribution in [0.15, 0.2) is 0 Å². The standard InChI is InChI=1S/C11H24N2/c1-2-4-10(9-12)5-3-8-13-11-6-7-11/h10-11,13H,2-9,12H2,1H3. The van der Waals surface area contributed by atoms with Crippen molar-refractivity contribution in [1.29, 1.82) is 0 Å². The van der Waals surface area contributed by atoms with Gasteiger partial charge in [0.2, 0.25) is 0 Å². The second-order valence-electron chi connectivity index (χ2n) is 4.26. The number of nitrogens with one attached hydrogen (secondary N) is 1. The monoisotopic (exact) mass is 184 g/mol. The van der Waals surface area contributed by atoms with E-state index in [1.165, 1.54) is 45.1 Å². The lowest BCUT2D eigenvalue weighted by Gasteiger charge is -2.13. The Morgan fingerprint density at radius 2 is 2.15 bits per heavy atom. The molecule has 3 N–H and O–H groups in total. The van der Waals surface area contributed by atoms with Crippen molar-refractivity contribution in [3.63, 3.8) is 0 Å². The van der Waals surface area contributed by atoms with E-state index in [-0.39, 0.29) is 0 Å². The molecule has 1 atom stereocenters. The van der Waals surface area contributed by atoms with Crippen LogP contribution < -0.4 is 11.1 Å². The van der Waals surface area contributed by atoms with Crippen LogP contribution in [0, 0.1) is 5.92 Å². The van der Waals surface area contributed by atoms with Gasteiger partial charge < -0.3 is 11.1 Å². The third-order valence-electron chi connectivity index (χ3n) is 2.83. The molecule has 1 saturated carbocycles. The Hall–Kier alpha value is -0.0800. The third-order valence-corrected chi connectivity index (χ3v) is 2.83. The summed E-state index contributed by atoms with van der Waals surface area (Å²) in [6, 6.07) is 0.863. The first-order valence-corrected chi connectivity index (χ1v) is 5.80. The van der Waals surface area contributed by atoms with Gasteiger partial charge in [0, 0.05) is 6.04 Å². The second kappa shape index (κ2) is 6.39. The van der Waals surface area contributed by atoms with Crippen molar-refractivity contribution in [2.45, 2.75) is 51.5 Å². The van der Waals surface area contributed by atoms with E-state index in [2.05, 4.69) is 12.2 Å². The first kappa shape index (κ1) is 11.0. The first-order valence-electron chi connectivity index (χ1n) is 5.80. The van der Waals surface area contributed by atoms with Crippen LogP contribution in [0.1, 0.15) is 45.4 Å². The summed E-state index contributed by atoms with van der Waals surface area (Å²) in [6.45, 7) is 4.31. The van der Waals surface area contributed by atoms with Crippen LogP contribution in [-0.4, -0.2) is 19.1 Å². The molecule has 78 valence electrons. The minimum atomic E-state index is 0.769. The molecule has 0 spiro atoms.